The Morgan fingerprint density at radius 1 is 1.27 bits per heavy atom. The molecule has 1 aromatic heterocycles. The summed E-state index contributed by atoms with van der Waals surface area (Å²) < 4.78 is 1.73. The molecule has 2 heterocycles. The van der Waals surface area contributed by atoms with Gasteiger partial charge in [-0.15, -0.1) is 0 Å². The molecule has 0 aliphatic carbocycles. The topological polar surface area (TPSA) is 113 Å². The first-order chi connectivity index (χ1) is 10.5. The summed E-state index contributed by atoms with van der Waals surface area (Å²) in [6.45, 7) is 0.386. The zero-order valence-electron chi connectivity index (χ0n) is 11.6. The highest BCUT2D eigenvalue weighted by Crippen LogP contribution is 2.31. The molecule has 0 spiro atoms. The number of fused-ring (bicyclic) bond motifs is 1. The van der Waals surface area contributed by atoms with Crippen molar-refractivity contribution in [2.45, 2.75) is 19.4 Å². The molecule has 1 atom stereocenters. The van der Waals surface area contributed by atoms with Gasteiger partial charge in [-0.25, -0.2) is 9.78 Å². The molecule has 1 aromatic carbocycles. The van der Waals surface area contributed by atoms with Crippen molar-refractivity contribution in [2.24, 2.45) is 5.92 Å². The molecule has 0 amide bonds. The van der Waals surface area contributed by atoms with Crippen LogP contribution < -0.4 is 0 Å². The second-order valence-electron chi connectivity index (χ2n) is 5.27. The van der Waals surface area contributed by atoms with Gasteiger partial charge in [0.2, 0.25) is 0 Å². The van der Waals surface area contributed by atoms with Gasteiger partial charge in [0.1, 0.15) is 11.6 Å². The van der Waals surface area contributed by atoms with Crippen LogP contribution in [0.25, 0.3) is 11.4 Å². The number of phenolic OH excluding ortho intramolecular Hbond substituents is 1. The highest BCUT2D eigenvalue weighted by Gasteiger charge is 2.31. The summed E-state index contributed by atoms with van der Waals surface area (Å²) in [6.07, 6.45) is 0.562. The molecule has 0 saturated carbocycles. The van der Waals surface area contributed by atoms with E-state index in [0.717, 1.165) is 0 Å². The number of aliphatic carboxylic acids is 1. The van der Waals surface area contributed by atoms with E-state index >= 15 is 0 Å². The molecule has 1 aliphatic rings. The predicted octanol–water partition coefficient (Wildman–Crippen LogP) is 1.60. The number of hydrogen-bond acceptors (Lipinski definition) is 4. The van der Waals surface area contributed by atoms with E-state index in [1.165, 1.54) is 12.1 Å². The van der Waals surface area contributed by atoms with E-state index in [9.17, 15) is 19.8 Å². The Morgan fingerprint density at radius 3 is 2.68 bits per heavy atom. The third kappa shape index (κ3) is 2.30. The number of aromatic carboxylic acids is 1. The zero-order valence-corrected chi connectivity index (χ0v) is 11.6. The number of carboxylic acid groups (broad SMARTS) is 2. The van der Waals surface area contributed by atoms with Crippen LogP contribution in [-0.4, -0.2) is 36.8 Å². The summed E-state index contributed by atoms with van der Waals surface area (Å²) in [5, 5.41) is 28.0. The molecule has 0 radical (unpaired) electrons. The van der Waals surface area contributed by atoms with Crippen LogP contribution in [0.1, 0.15) is 22.6 Å². The molecule has 7 heteroatoms. The van der Waals surface area contributed by atoms with Gasteiger partial charge in [-0.1, -0.05) is 12.1 Å². The van der Waals surface area contributed by atoms with Gasteiger partial charge in [0, 0.05) is 18.5 Å². The maximum atomic E-state index is 11.4. The Hall–Kier alpha value is -2.83. The highest BCUT2D eigenvalue weighted by atomic mass is 16.4. The van der Waals surface area contributed by atoms with Crippen LogP contribution in [-0.2, 0) is 17.8 Å². The molecule has 2 aromatic rings. The SMILES string of the molecule is O=C(O)c1nc(-c2cccc(O)c2)n2c1CC(C(=O)O)CC2. The number of rotatable bonds is 3. The lowest BCUT2D eigenvalue weighted by Crippen LogP contribution is -2.26. The molecule has 7 nitrogen and oxygen atoms in total. The predicted molar refractivity (Wildman–Crippen MR) is 75.7 cm³/mol. The van der Waals surface area contributed by atoms with Gasteiger partial charge in [-0.05, 0) is 18.6 Å². The number of nitrogens with zero attached hydrogens (tertiary/aromatic N) is 2. The lowest BCUT2D eigenvalue weighted by molar-refractivity contribution is -0.142. The van der Waals surface area contributed by atoms with Crippen LogP contribution in [0.3, 0.4) is 0 Å². The molecule has 114 valence electrons. The fraction of sp³-hybridized carbons (Fsp3) is 0.267. The molecule has 22 heavy (non-hydrogen) atoms. The van der Waals surface area contributed by atoms with E-state index in [1.54, 1.807) is 16.7 Å². The lowest BCUT2D eigenvalue weighted by Gasteiger charge is -2.22. The molecule has 0 fully saturated rings. The van der Waals surface area contributed by atoms with Crippen LogP contribution in [0.2, 0.25) is 0 Å². The molecule has 0 bridgehead atoms. The van der Waals surface area contributed by atoms with Crippen molar-refractivity contribution in [3.63, 3.8) is 0 Å². The van der Waals surface area contributed by atoms with Crippen LogP contribution in [0.15, 0.2) is 24.3 Å². The van der Waals surface area contributed by atoms with Crippen molar-refractivity contribution < 1.29 is 24.9 Å². The Morgan fingerprint density at radius 2 is 2.05 bits per heavy atom. The first-order valence-electron chi connectivity index (χ1n) is 6.82. The van der Waals surface area contributed by atoms with Gasteiger partial charge in [0.25, 0.3) is 0 Å². The number of aromatic hydroxyl groups is 1. The smallest absolute Gasteiger partial charge is 0.356 e. The molecular weight excluding hydrogens is 288 g/mol. The van der Waals surface area contributed by atoms with E-state index < -0.39 is 17.9 Å². The van der Waals surface area contributed by atoms with Crippen LogP contribution >= 0.6 is 0 Å². The zero-order chi connectivity index (χ0) is 15.9. The van der Waals surface area contributed by atoms with Crippen LogP contribution in [0.5, 0.6) is 5.75 Å². The number of carboxylic acids is 2. The van der Waals surface area contributed by atoms with Crippen molar-refractivity contribution in [1.29, 1.82) is 0 Å². The standard InChI is InChI=1S/C15H14N2O5/c18-10-3-1-2-8(6-10)13-16-12(15(21)22)11-7-9(14(19)20)4-5-17(11)13/h1-3,6,9,18H,4-5,7H2,(H,19,20)(H,21,22). The van der Waals surface area contributed by atoms with E-state index in [-0.39, 0.29) is 17.9 Å². The molecule has 3 rings (SSSR count). The average molecular weight is 302 g/mol. The third-order valence-corrected chi connectivity index (χ3v) is 3.87. The molecule has 1 aliphatic heterocycles. The Labute approximate surface area is 125 Å². The minimum atomic E-state index is -1.18. The number of phenols is 1. The normalized spacial score (nSPS) is 17.0. The molecule has 1 unspecified atom stereocenters. The van der Waals surface area contributed by atoms with Gasteiger partial charge in [-0.3, -0.25) is 4.79 Å². The number of hydrogen-bond donors (Lipinski definition) is 3. The number of aromatic nitrogens is 2. The monoisotopic (exact) mass is 302 g/mol. The van der Waals surface area contributed by atoms with E-state index in [2.05, 4.69) is 4.98 Å². The van der Waals surface area contributed by atoms with E-state index in [0.29, 0.717) is 30.0 Å². The summed E-state index contributed by atoms with van der Waals surface area (Å²) in [7, 11) is 0. The fourth-order valence-corrected chi connectivity index (χ4v) is 2.80. The summed E-state index contributed by atoms with van der Waals surface area (Å²) in [5.74, 6) is -2.21. The minimum absolute atomic E-state index is 0.0611. The second-order valence-corrected chi connectivity index (χ2v) is 5.27. The summed E-state index contributed by atoms with van der Waals surface area (Å²) in [4.78, 5) is 26.7. The number of carbonyl (C=O) groups is 2. The first kappa shape index (κ1) is 14.1. The molecule has 3 N–H and O–H groups in total. The van der Waals surface area contributed by atoms with Gasteiger partial charge in [0.05, 0.1) is 11.6 Å². The van der Waals surface area contributed by atoms with Crippen LogP contribution in [0.4, 0.5) is 0 Å². The van der Waals surface area contributed by atoms with Crippen LogP contribution in [0, 0.1) is 5.92 Å². The van der Waals surface area contributed by atoms with Gasteiger partial charge in [0.15, 0.2) is 5.69 Å². The van der Waals surface area contributed by atoms with E-state index in [4.69, 9.17) is 5.11 Å². The first-order valence-corrected chi connectivity index (χ1v) is 6.82. The number of benzene rings is 1. The summed E-state index contributed by atoms with van der Waals surface area (Å²) in [6, 6.07) is 6.40. The molecular formula is C15H14N2O5. The molecule has 0 saturated heterocycles. The Bertz CT molecular complexity index is 765. The quantitative estimate of drug-likeness (QED) is 0.793. The number of imidazole rings is 1. The van der Waals surface area contributed by atoms with Gasteiger partial charge >= 0.3 is 11.9 Å². The second kappa shape index (κ2) is 5.18. The summed E-state index contributed by atoms with van der Waals surface area (Å²) >= 11 is 0. The van der Waals surface area contributed by atoms with Gasteiger partial charge < -0.3 is 19.9 Å². The largest absolute Gasteiger partial charge is 0.508 e. The van der Waals surface area contributed by atoms with Gasteiger partial charge in [-0.2, -0.15) is 0 Å². The Kier molecular flexibility index (Phi) is 3.32. The third-order valence-electron chi connectivity index (χ3n) is 3.87. The van der Waals surface area contributed by atoms with Crippen molar-refractivity contribution in [1.82, 2.24) is 9.55 Å². The fourth-order valence-electron chi connectivity index (χ4n) is 2.80. The van der Waals surface area contributed by atoms with Crippen molar-refractivity contribution >= 4 is 11.9 Å². The van der Waals surface area contributed by atoms with Crippen molar-refractivity contribution in [3.05, 3.63) is 35.7 Å². The van der Waals surface area contributed by atoms with Crippen molar-refractivity contribution in [3.8, 4) is 17.1 Å². The summed E-state index contributed by atoms with van der Waals surface area (Å²) in [5.41, 5.74) is 0.899. The minimum Gasteiger partial charge on any atom is -0.508 e. The average Bonchev–Trinajstić information content (AvgIpc) is 2.86. The Balaban J connectivity index is 2.13. The maximum Gasteiger partial charge on any atom is 0.356 e. The van der Waals surface area contributed by atoms with E-state index in [1.807, 2.05) is 0 Å². The highest BCUT2D eigenvalue weighted by molar-refractivity contribution is 5.88. The lowest BCUT2D eigenvalue weighted by atomic mass is 9.95. The maximum absolute atomic E-state index is 11.4. The van der Waals surface area contributed by atoms with Crippen molar-refractivity contribution in [2.75, 3.05) is 0 Å².